The number of aryl methyl sites for hydroxylation is 2. The molecule has 78 valence electrons. The number of rotatable bonds is 1. The third-order valence-corrected chi connectivity index (χ3v) is 2.79. The van der Waals surface area contributed by atoms with Crippen LogP contribution in [0.2, 0.25) is 0 Å². The smallest absolute Gasteiger partial charge is 0.151 e. The van der Waals surface area contributed by atoms with Gasteiger partial charge in [-0.05, 0) is 34.5 Å². The summed E-state index contributed by atoms with van der Waals surface area (Å²) in [6.07, 6.45) is 1.63. The molecular formula is C10H9BrFN3. The molecule has 5 heteroatoms. The molecule has 0 aliphatic rings. The van der Waals surface area contributed by atoms with Gasteiger partial charge in [0.1, 0.15) is 16.0 Å². The molecule has 0 aliphatic carbocycles. The van der Waals surface area contributed by atoms with E-state index < -0.39 is 0 Å². The standard InChI is InChI=1S/C10H9BrFN3/c1-6-3-7(12)10(13-5-6)8-4-9(11)15(2)14-8/h3-5H,1-2H3. The molecule has 0 fully saturated rings. The summed E-state index contributed by atoms with van der Waals surface area (Å²) in [7, 11) is 1.78. The highest BCUT2D eigenvalue weighted by Crippen LogP contribution is 2.22. The van der Waals surface area contributed by atoms with Gasteiger partial charge in [0, 0.05) is 19.3 Å². The van der Waals surface area contributed by atoms with Gasteiger partial charge in [-0.25, -0.2) is 4.39 Å². The molecule has 0 aliphatic heterocycles. The van der Waals surface area contributed by atoms with Crippen LogP contribution in [-0.2, 0) is 7.05 Å². The van der Waals surface area contributed by atoms with Crippen molar-refractivity contribution in [3.63, 3.8) is 0 Å². The maximum absolute atomic E-state index is 13.6. The summed E-state index contributed by atoms with van der Waals surface area (Å²) in [5.41, 5.74) is 1.61. The van der Waals surface area contributed by atoms with Gasteiger partial charge in [0.15, 0.2) is 5.82 Å². The Morgan fingerprint density at radius 3 is 2.67 bits per heavy atom. The van der Waals surface area contributed by atoms with Crippen LogP contribution in [-0.4, -0.2) is 14.8 Å². The molecule has 3 nitrogen and oxygen atoms in total. The second-order valence-electron chi connectivity index (χ2n) is 3.32. The van der Waals surface area contributed by atoms with Gasteiger partial charge in [0.2, 0.25) is 0 Å². The summed E-state index contributed by atoms with van der Waals surface area (Å²) in [5.74, 6) is -0.347. The monoisotopic (exact) mass is 269 g/mol. The number of pyridine rings is 1. The highest BCUT2D eigenvalue weighted by atomic mass is 79.9. The summed E-state index contributed by atoms with van der Waals surface area (Å²) in [6, 6.07) is 3.19. The van der Waals surface area contributed by atoms with Crippen LogP contribution in [0.5, 0.6) is 0 Å². The van der Waals surface area contributed by atoms with E-state index in [0.29, 0.717) is 5.69 Å². The number of aromatic nitrogens is 3. The summed E-state index contributed by atoms with van der Waals surface area (Å²) in [5, 5.41) is 4.14. The van der Waals surface area contributed by atoms with Crippen LogP contribution < -0.4 is 0 Å². The highest BCUT2D eigenvalue weighted by Gasteiger charge is 2.11. The van der Waals surface area contributed by atoms with Crippen molar-refractivity contribution in [1.29, 1.82) is 0 Å². The zero-order valence-electron chi connectivity index (χ0n) is 8.33. The normalized spacial score (nSPS) is 10.7. The fourth-order valence-corrected chi connectivity index (χ4v) is 1.58. The first kappa shape index (κ1) is 10.3. The van der Waals surface area contributed by atoms with Gasteiger partial charge in [-0.2, -0.15) is 5.10 Å². The van der Waals surface area contributed by atoms with Crippen LogP contribution in [0, 0.1) is 12.7 Å². The lowest BCUT2D eigenvalue weighted by atomic mass is 10.2. The summed E-state index contributed by atoms with van der Waals surface area (Å²) in [6.45, 7) is 1.80. The van der Waals surface area contributed by atoms with Gasteiger partial charge < -0.3 is 0 Å². The Bertz CT molecular complexity index is 488. The molecule has 2 aromatic rings. The van der Waals surface area contributed by atoms with Crippen LogP contribution in [0.1, 0.15) is 5.56 Å². The lowest BCUT2D eigenvalue weighted by molar-refractivity contribution is 0.622. The van der Waals surface area contributed by atoms with E-state index in [1.807, 2.05) is 0 Å². The predicted octanol–water partition coefficient (Wildman–Crippen LogP) is 2.69. The first-order valence-corrected chi connectivity index (χ1v) is 5.19. The van der Waals surface area contributed by atoms with E-state index in [1.165, 1.54) is 6.07 Å². The molecule has 2 aromatic heterocycles. The van der Waals surface area contributed by atoms with E-state index in [1.54, 1.807) is 30.9 Å². The number of hydrogen-bond donors (Lipinski definition) is 0. The lowest BCUT2D eigenvalue weighted by Gasteiger charge is -1.98. The first-order chi connectivity index (χ1) is 7.08. The maximum atomic E-state index is 13.6. The minimum Gasteiger partial charge on any atom is -0.261 e. The Balaban J connectivity index is 2.54. The molecule has 0 aromatic carbocycles. The lowest BCUT2D eigenvalue weighted by Crippen LogP contribution is -1.93. The van der Waals surface area contributed by atoms with Crippen LogP contribution in [0.4, 0.5) is 4.39 Å². The van der Waals surface area contributed by atoms with Gasteiger partial charge in [-0.1, -0.05) is 0 Å². The van der Waals surface area contributed by atoms with Crippen LogP contribution in [0.3, 0.4) is 0 Å². The predicted molar refractivity (Wildman–Crippen MR) is 58.8 cm³/mol. The molecule has 0 bridgehead atoms. The Kier molecular flexibility index (Phi) is 2.56. The maximum Gasteiger partial charge on any atom is 0.151 e. The van der Waals surface area contributed by atoms with Crippen molar-refractivity contribution in [2.75, 3.05) is 0 Å². The molecule has 2 heterocycles. The quantitative estimate of drug-likeness (QED) is 0.797. The fourth-order valence-electron chi connectivity index (χ4n) is 1.28. The second kappa shape index (κ2) is 3.73. The minimum absolute atomic E-state index is 0.280. The first-order valence-electron chi connectivity index (χ1n) is 4.40. The summed E-state index contributed by atoms with van der Waals surface area (Å²) < 4.78 is 16.0. The van der Waals surface area contributed by atoms with E-state index in [9.17, 15) is 4.39 Å². The molecular weight excluding hydrogens is 261 g/mol. The number of nitrogens with zero attached hydrogens (tertiary/aromatic N) is 3. The summed E-state index contributed by atoms with van der Waals surface area (Å²) >= 11 is 3.30. The average Bonchev–Trinajstić information content (AvgIpc) is 2.46. The molecule has 0 atom stereocenters. The topological polar surface area (TPSA) is 30.7 Å². The fraction of sp³-hybridized carbons (Fsp3) is 0.200. The van der Waals surface area contributed by atoms with Crippen molar-refractivity contribution in [2.24, 2.45) is 7.05 Å². The molecule has 0 unspecified atom stereocenters. The Morgan fingerprint density at radius 2 is 2.13 bits per heavy atom. The van der Waals surface area contributed by atoms with Gasteiger partial charge in [0.05, 0.1) is 0 Å². The Labute approximate surface area is 95.1 Å². The molecule has 0 spiro atoms. The minimum atomic E-state index is -0.347. The van der Waals surface area contributed by atoms with E-state index in [0.717, 1.165) is 10.2 Å². The molecule has 0 saturated carbocycles. The van der Waals surface area contributed by atoms with E-state index in [2.05, 4.69) is 26.0 Å². The zero-order valence-corrected chi connectivity index (χ0v) is 9.92. The SMILES string of the molecule is Cc1cnc(-c2cc(Br)n(C)n2)c(F)c1. The van der Waals surface area contributed by atoms with Crippen molar-refractivity contribution in [1.82, 2.24) is 14.8 Å². The zero-order chi connectivity index (χ0) is 11.0. The van der Waals surface area contributed by atoms with Crippen LogP contribution >= 0.6 is 15.9 Å². The third kappa shape index (κ3) is 1.92. The molecule has 0 radical (unpaired) electrons. The summed E-state index contributed by atoms with van der Waals surface area (Å²) in [4.78, 5) is 4.03. The van der Waals surface area contributed by atoms with E-state index in [4.69, 9.17) is 0 Å². The number of hydrogen-bond acceptors (Lipinski definition) is 2. The number of halogens is 2. The Hall–Kier alpha value is -1.23. The molecule has 0 saturated heterocycles. The van der Waals surface area contributed by atoms with Gasteiger partial charge in [-0.15, -0.1) is 0 Å². The van der Waals surface area contributed by atoms with E-state index in [-0.39, 0.29) is 11.5 Å². The van der Waals surface area contributed by atoms with Crippen LogP contribution in [0.15, 0.2) is 22.9 Å². The van der Waals surface area contributed by atoms with Gasteiger partial charge in [0.25, 0.3) is 0 Å². The van der Waals surface area contributed by atoms with Crippen molar-refractivity contribution < 1.29 is 4.39 Å². The van der Waals surface area contributed by atoms with Crippen molar-refractivity contribution in [3.8, 4) is 11.4 Å². The molecule has 2 rings (SSSR count). The van der Waals surface area contributed by atoms with Crippen molar-refractivity contribution in [3.05, 3.63) is 34.3 Å². The van der Waals surface area contributed by atoms with Crippen molar-refractivity contribution >= 4 is 15.9 Å². The second-order valence-corrected chi connectivity index (χ2v) is 4.13. The van der Waals surface area contributed by atoms with E-state index >= 15 is 0 Å². The van der Waals surface area contributed by atoms with Gasteiger partial charge in [-0.3, -0.25) is 9.67 Å². The van der Waals surface area contributed by atoms with Crippen molar-refractivity contribution in [2.45, 2.75) is 6.92 Å². The highest BCUT2D eigenvalue weighted by molar-refractivity contribution is 9.10. The third-order valence-electron chi connectivity index (χ3n) is 2.04. The van der Waals surface area contributed by atoms with Gasteiger partial charge >= 0.3 is 0 Å². The van der Waals surface area contributed by atoms with Crippen LogP contribution in [0.25, 0.3) is 11.4 Å². The largest absolute Gasteiger partial charge is 0.261 e. The average molecular weight is 270 g/mol. The molecule has 15 heavy (non-hydrogen) atoms. The molecule has 0 amide bonds. The Morgan fingerprint density at radius 1 is 1.40 bits per heavy atom. The molecule has 0 N–H and O–H groups in total.